The molecule has 5 heteroatoms. The normalized spacial score (nSPS) is 11.4. The lowest BCUT2D eigenvalue weighted by Crippen LogP contribution is -2.17. The number of pyridine rings is 1. The van der Waals surface area contributed by atoms with Crippen LogP contribution in [0.4, 0.5) is 5.69 Å². The predicted molar refractivity (Wildman–Crippen MR) is 126 cm³/mol. The highest BCUT2D eigenvalue weighted by atomic mass is 16.5. The molecule has 0 aliphatic carbocycles. The second-order valence-corrected chi connectivity index (χ2v) is 8.51. The Labute approximate surface area is 184 Å². The van der Waals surface area contributed by atoms with Gasteiger partial charge >= 0.3 is 0 Å². The predicted octanol–water partition coefficient (Wildman–Crippen LogP) is 5.82. The number of hydrogen-bond acceptors (Lipinski definition) is 4. The van der Waals surface area contributed by atoms with E-state index < -0.39 is 0 Å². The summed E-state index contributed by atoms with van der Waals surface area (Å²) >= 11 is 0. The average molecular weight is 421 g/mol. The van der Waals surface area contributed by atoms with Gasteiger partial charge in [-0.25, -0.2) is 0 Å². The zero-order valence-electron chi connectivity index (χ0n) is 19.3. The number of ether oxygens (including phenoxy) is 2. The maximum Gasteiger partial charge on any atom is 0.224 e. The molecule has 3 aromatic rings. The van der Waals surface area contributed by atoms with E-state index in [1.165, 1.54) is 0 Å². The average Bonchev–Trinajstić information content (AvgIpc) is 2.77. The number of aryl methyl sites for hydroxylation is 1. The highest BCUT2D eigenvalue weighted by Gasteiger charge is 2.23. The number of rotatable bonds is 8. The quantitative estimate of drug-likeness (QED) is 0.499. The van der Waals surface area contributed by atoms with Gasteiger partial charge in [-0.15, -0.1) is 0 Å². The monoisotopic (exact) mass is 420 g/mol. The van der Waals surface area contributed by atoms with Crippen molar-refractivity contribution < 1.29 is 14.3 Å². The summed E-state index contributed by atoms with van der Waals surface area (Å²) in [6.07, 6.45) is 3.53. The minimum atomic E-state index is -0.0724. The van der Waals surface area contributed by atoms with Crippen LogP contribution in [0.3, 0.4) is 0 Å². The third kappa shape index (κ3) is 4.98. The second kappa shape index (κ2) is 9.38. The molecule has 0 saturated carbocycles. The highest BCUT2D eigenvalue weighted by molar-refractivity contribution is 5.93. The number of methoxy groups -OCH3 is 2. The Morgan fingerprint density at radius 2 is 1.77 bits per heavy atom. The van der Waals surface area contributed by atoms with Gasteiger partial charge in [0, 0.05) is 17.4 Å². The van der Waals surface area contributed by atoms with Crippen molar-refractivity contribution in [2.24, 2.45) is 0 Å². The second-order valence-electron chi connectivity index (χ2n) is 8.51. The standard InChI is InChI=1S/C26H32N2O3/c1-7-26(3,4)18-13-23(30-5)20(24(14-18)31-6)11-12-25(29)28-19-15-21-17(2)9-8-10-22(21)27-16-19/h8-10,13-16H,7,11-12H2,1-6H3,(H,28,29). The van der Waals surface area contributed by atoms with Crippen LogP contribution in [0.5, 0.6) is 11.5 Å². The van der Waals surface area contributed by atoms with E-state index in [4.69, 9.17) is 9.47 Å². The zero-order chi connectivity index (χ0) is 22.6. The molecule has 0 saturated heterocycles. The van der Waals surface area contributed by atoms with Gasteiger partial charge in [-0.2, -0.15) is 0 Å². The first-order chi connectivity index (χ1) is 14.8. The van der Waals surface area contributed by atoms with Gasteiger partial charge in [0.25, 0.3) is 0 Å². The van der Waals surface area contributed by atoms with E-state index in [1.807, 2.05) is 31.2 Å². The Morgan fingerprint density at radius 3 is 2.39 bits per heavy atom. The van der Waals surface area contributed by atoms with Crippen LogP contribution >= 0.6 is 0 Å². The molecule has 0 spiro atoms. The molecule has 1 heterocycles. The number of nitrogens with zero attached hydrogens (tertiary/aromatic N) is 1. The highest BCUT2D eigenvalue weighted by Crippen LogP contribution is 2.37. The van der Waals surface area contributed by atoms with E-state index in [2.05, 4.69) is 43.2 Å². The number of carbonyl (C=O) groups excluding carboxylic acids is 1. The lowest BCUT2D eigenvalue weighted by atomic mass is 9.81. The first kappa shape index (κ1) is 22.6. The first-order valence-corrected chi connectivity index (χ1v) is 10.7. The number of benzene rings is 2. The molecule has 1 amide bonds. The zero-order valence-corrected chi connectivity index (χ0v) is 19.3. The smallest absolute Gasteiger partial charge is 0.224 e. The van der Waals surface area contributed by atoms with Crippen molar-refractivity contribution in [3.8, 4) is 11.5 Å². The first-order valence-electron chi connectivity index (χ1n) is 10.7. The third-order valence-electron chi connectivity index (χ3n) is 6.10. The van der Waals surface area contributed by atoms with Gasteiger partial charge in [0.05, 0.1) is 31.6 Å². The molecule has 0 bridgehead atoms. The fourth-order valence-corrected chi connectivity index (χ4v) is 3.65. The Hall–Kier alpha value is -3.08. The molecule has 31 heavy (non-hydrogen) atoms. The van der Waals surface area contributed by atoms with E-state index in [0.29, 0.717) is 18.5 Å². The van der Waals surface area contributed by atoms with Gasteiger partial charge in [-0.05, 0) is 60.6 Å². The molecule has 0 aliphatic heterocycles. The molecular formula is C26H32N2O3. The number of nitrogens with one attached hydrogen (secondary N) is 1. The van der Waals surface area contributed by atoms with Crippen LogP contribution in [0, 0.1) is 6.92 Å². The van der Waals surface area contributed by atoms with Gasteiger partial charge in [-0.3, -0.25) is 9.78 Å². The maximum absolute atomic E-state index is 12.7. The SMILES string of the molecule is CCC(C)(C)c1cc(OC)c(CCC(=O)Nc2cnc3cccc(C)c3c2)c(OC)c1. The molecule has 2 aromatic carbocycles. The van der Waals surface area contributed by atoms with E-state index in [0.717, 1.165) is 45.5 Å². The Kier molecular flexibility index (Phi) is 6.84. The molecule has 0 atom stereocenters. The summed E-state index contributed by atoms with van der Waals surface area (Å²) in [4.78, 5) is 17.1. The molecule has 1 N–H and O–H groups in total. The Morgan fingerprint density at radius 1 is 1.10 bits per heavy atom. The summed E-state index contributed by atoms with van der Waals surface area (Å²) in [6, 6.07) is 12.1. The van der Waals surface area contributed by atoms with Gasteiger partial charge < -0.3 is 14.8 Å². The minimum Gasteiger partial charge on any atom is -0.496 e. The lowest BCUT2D eigenvalue weighted by molar-refractivity contribution is -0.116. The van der Waals surface area contributed by atoms with Crippen molar-refractivity contribution in [3.63, 3.8) is 0 Å². The Bertz CT molecular complexity index is 1060. The summed E-state index contributed by atoms with van der Waals surface area (Å²) in [5, 5.41) is 4.01. The minimum absolute atomic E-state index is 0.0116. The van der Waals surface area contributed by atoms with Crippen LogP contribution in [-0.2, 0) is 16.6 Å². The van der Waals surface area contributed by atoms with Gasteiger partial charge in [0.15, 0.2) is 0 Å². The number of hydrogen-bond donors (Lipinski definition) is 1. The lowest BCUT2D eigenvalue weighted by Gasteiger charge is -2.26. The number of aromatic nitrogens is 1. The number of anilines is 1. The van der Waals surface area contributed by atoms with Crippen molar-refractivity contribution in [2.75, 3.05) is 19.5 Å². The van der Waals surface area contributed by atoms with Crippen molar-refractivity contribution in [1.82, 2.24) is 4.98 Å². The fourth-order valence-electron chi connectivity index (χ4n) is 3.65. The maximum atomic E-state index is 12.7. The van der Waals surface area contributed by atoms with Crippen LogP contribution in [0.1, 0.15) is 50.3 Å². The summed E-state index contributed by atoms with van der Waals surface area (Å²) < 4.78 is 11.3. The van der Waals surface area contributed by atoms with Crippen molar-refractivity contribution >= 4 is 22.5 Å². The van der Waals surface area contributed by atoms with Gasteiger partial charge in [-0.1, -0.05) is 32.9 Å². The molecule has 0 radical (unpaired) electrons. The Balaban J connectivity index is 1.77. The van der Waals surface area contributed by atoms with Crippen molar-refractivity contribution in [2.45, 2.75) is 52.4 Å². The summed E-state index contributed by atoms with van der Waals surface area (Å²) in [5.74, 6) is 1.44. The molecule has 1 aromatic heterocycles. The molecule has 0 aliphatic rings. The van der Waals surface area contributed by atoms with Crippen LogP contribution < -0.4 is 14.8 Å². The summed E-state index contributed by atoms with van der Waals surface area (Å²) in [5.41, 5.74) is 4.83. The van der Waals surface area contributed by atoms with Crippen LogP contribution in [-0.4, -0.2) is 25.1 Å². The van der Waals surface area contributed by atoms with Gasteiger partial charge in [0.2, 0.25) is 5.91 Å². The van der Waals surface area contributed by atoms with Gasteiger partial charge in [0.1, 0.15) is 11.5 Å². The third-order valence-corrected chi connectivity index (χ3v) is 6.10. The molecule has 0 fully saturated rings. The number of carbonyl (C=O) groups is 1. The number of amides is 1. The summed E-state index contributed by atoms with van der Waals surface area (Å²) in [7, 11) is 3.31. The van der Waals surface area contributed by atoms with Crippen LogP contribution in [0.15, 0.2) is 42.6 Å². The van der Waals surface area contributed by atoms with E-state index in [9.17, 15) is 4.79 Å². The fraction of sp³-hybridized carbons (Fsp3) is 0.385. The van der Waals surface area contributed by atoms with E-state index >= 15 is 0 Å². The van der Waals surface area contributed by atoms with Crippen molar-refractivity contribution in [1.29, 1.82) is 0 Å². The number of fused-ring (bicyclic) bond motifs is 1. The molecule has 0 unspecified atom stereocenters. The van der Waals surface area contributed by atoms with Crippen LogP contribution in [0.2, 0.25) is 0 Å². The van der Waals surface area contributed by atoms with Crippen LogP contribution in [0.25, 0.3) is 10.9 Å². The molecule has 5 nitrogen and oxygen atoms in total. The van der Waals surface area contributed by atoms with E-state index in [-0.39, 0.29) is 11.3 Å². The van der Waals surface area contributed by atoms with Crippen molar-refractivity contribution in [3.05, 3.63) is 59.3 Å². The molecule has 164 valence electrons. The summed E-state index contributed by atoms with van der Waals surface area (Å²) in [6.45, 7) is 8.61. The molecular weight excluding hydrogens is 388 g/mol. The topological polar surface area (TPSA) is 60.5 Å². The largest absolute Gasteiger partial charge is 0.496 e. The van der Waals surface area contributed by atoms with E-state index in [1.54, 1.807) is 20.4 Å². The molecule has 3 rings (SSSR count).